The van der Waals surface area contributed by atoms with E-state index in [4.69, 9.17) is 5.73 Å². The van der Waals surface area contributed by atoms with Gasteiger partial charge >= 0.3 is 0 Å². The van der Waals surface area contributed by atoms with Crippen molar-refractivity contribution in [1.82, 2.24) is 4.57 Å². The summed E-state index contributed by atoms with van der Waals surface area (Å²) in [4.78, 5) is 0. The number of nitrogens with two attached hydrogens (primary N) is 1. The van der Waals surface area contributed by atoms with E-state index < -0.39 is 0 Å². The van der Waals surface area contributed by atoms with Gasteiger partial charge in [0.05, 0.1) is 11.3 Å². The Morgan fingerprint density at radius 3 is 2.09 bits per heavy atom. The first-order valence-electron chi connectivity index (χ1n) is 6.87. The van der Waals surface area contributed by atoms with E-state index in [0.29, 0.717) is 16.9 Å². The predicted octanol–water partition coefficient (Wildman–Crippen LogP) is 3.18. The largest absolute Gasteiger partial charge is 0.507 e. The maximum atomic E-state index is 10.2. The highest BCUT2D eigenvalue weighted by Crippen LogP contribution is 2.39. The van der Waals surface area contributed by atoms with Gasteiger partial charge in [-0.25, -0.2) is 0 Å². The van der Waals surface area contributed by atoms with Crippen molar-refractivity contribution in [3.05, 3.63) is 65.7 Å². The zero-order valence-electron chi connectivity index (χ0n) is 12.1. The minimum atomic E-state index is 0.0168. The lowest BCUT2D eigenvalue weighted by molar-refractivity contribution is 0.477. The van der Waals surface area contributed by atoms with Gasteiger partial charge in [-0.05, 0) is 24.3 Å². The molecule has 0 atom stereocenters. The molecule has 0 aliphatic carbocycles. The molecule has 0 unspecified atom stereocenters. The van der Waals surface area contributed by atoms with Crippen molar-refractivity contribution >= 4 is 5.82 Å². The van der Waals surface area contributed by atoms with Gasteiger partial charge in [-0.2, -0.15) is 10.5 Å². The molecule has 23 heavy (non-hydrogen) atoms. The maximum Gasteiger partial charge on any atom is 0.128 e. The lowest BCUT2D eigenvalue weighted by atomic mass is 10.0. The Morgan fingerprint density at radius 2 is 1.48 bits per heavy atom. The SMILES string of the molecule is N#Cc1c(C#N)c(-c2ccccc2O)n(-c2ccccc2)c1N. The number of aromatic nitrogens is 1. The Kier molecular flexibility index (Phi) is 3.46. The Hall–Kier alpha value is -3.70. The van der Waals surface area contributed by atoms with Crippen LogP contribution in [0.2, 0.25) is 0 Å². The van der Waals surface area contributed by atoms with Gasteiger partial charge in [0.1, 0.15) is 29.3 Å². The molecule has 1 aromatic heterocycles. The van der Waals surface area contributed by atoms with Crippen molar-refractivity contribution in [2.24, 2.45) is 0 Å². The van der Waals surface area contributed by atoms with E-state index in [-0.39, 0.29) is 22.7 Å². The molecule has 0 aliphatic rings. The van der Waals surface area contributed by atoms with Crippen LogP contribution in [0.1, 0.15) is 11.1 Å². The molecular formula is C18H12N4O. The van der Waals surface area contributed by atoms with Gasteiger partial charge in [-0.15, -0.1) is 0 Å². The number of nitriles is 2. The highest BCUT2D eigenvalue weighted by atomic mass is 16.3. The van der Waals surface area contributed by atoms with E-state index in [1.807, 2.05) is 42.5 Å². The smallest absolute Gasteiger partial charge is 0.128 e. The number of hydrogen-bond acceptors (Lipinski definition) is 4. The third-order valence-corrected chi connectivity index (χ3v) is 3.60. The summed E-state index contributed by atoms with van der Waals surface area (Å²) in [5.74, 6) is 0.191. The number of phenolic OH excluding ortho intramolecular Hbond substituents is 1. The van der Waals surface area contributed by atoms with Gasteiger partial charge in [0.25, 0.3) is 0 Å². The second-order valence-electron chi connectivity index (χ2n) is 4.90. The van der Waals surface area contributed by atoms with Gasteiger partial charge in [0.15, 0.2) is 0 Å². The molecule has 0 fully saturated rings. The first kappa shape index (κ1) is 14.2. The van der Waals surface area contributed by atoms with Crippen LogP contribution < -0.4 is 5.73 Å². The second kappa shape index (κ2) is 5.59. The highest BCUT2D eigenvalue weighted by Gasteiger charge is 2.24. The molecule has 1 heterocycles. The highest BCUT2D eigenvalue weighted by molar-refractivity contribution is 5.82. The Morgan fingerprint density at radius 1 is 0.870 bits per heavy atom. The molecule has 5 nitrogen and oxygen atoms in total. The maximum absolute atomic E-state index is 10.2. The average molecular weight is 300 g/mol. The quantitative estimate of drug-likeness (QED) is 0.759. The standard InChI is InChI=1S/C18H12N4O/c19-10-14-15(11-20)18(21)22(12-6-2-1-3-7-12)17(14)13-8-4-5-9-16(13)23/h1-9,23H,21H2. The van der Waals surface area contributed by atoms with E-state index >= 15 is 0 Å². The summed E-state index contributed by atoms with van der Waals surface area (Å²) in [6.45, 7) is 0. The van der Waals surface area contributed by atoms with E-state index in [2.05, 4.69) is 0 Å². The molecule has 3 aromatic rings. The van der Waals surface area contributed by atoms with E-state index in [1.165, 1.54) is 6.07 Å². The Labute approximate surface area is 133 Å². The van der Waals surface area contributed by atoms with Crippen molar-refractivity contribution in [3.63, 3.8) is 0 Å². The number of phenols is 1. The van der Waals surface area contributed by atoms with E-state index in [1.54, 1.807) is 22.8 Å². The van der Waals surface area contributed by atoms with Crippen molar-refractivity contribution in [2.45, 2.75) is 0 Å². The number of aromatic hydroxyl groups is 1. The van der Waals surface area contributed by atoms with Crippen LogP contribution in [0.5, 0.6) is 5.75 Å². The molecule has 0 amide bonds. The molecule has 0 aliphatic heterocycles. The number of anilines is 1. The average Bonchev–Trinajstić information content (AvgIpc) is 2.87. The molecule has 0 spiro atoms. The van der Waals surface area contributed by atoms with E-state index in [0.717, 1.165) is 0 Å². The van der Waals surface area contributed by atoms with Crippen LogP contribution in [0.25, 0.3) is 16.9 Å². The molecule has 5 heteroatoms. The molecular weight excluding hydrogens is 288 g/mol. The van der Waals surface area contributed by atoms with Crippen LogP contribution in [0.4, 0.5) is 5.82 Å². The number of nitrogens with zero attached hydrogens (tertiary/aromatic N) is 3. The fourth-order valence-corrected chi connectivity index (χ4v) is 2.59. The van der Waals surface area contributed by atoms with Crippen LogP contribution in [-0.2, 0) is 0 Å². The third kappa shape index (κ3) is 2.17. The number of rotatable bonds is 2. The summed E-state index contributed by atoms with van der Waals surface area (Å²) in [5.41, 5.74) is 7.94. The van der Waals surface area contributed by atoms with Gasteiger partial charge < -0.3 is 10.8 Å². The zero-order valence-corrected chi connectivity index (χ0v) is 12.1. The summed E-state index contributed by atoms with van der Waals surface area (Å²) in [6, 6.07) is 19.9. The minimum absolute atomic E-state index is 0.0168. The van der Waals surface area contributed by atoms with Gasteiger partial charge in [-0.1, -0.05) is 30.3 Å². The topological polar surface area (TPSA) is 98.8 Å². The molecule has 0 saturated carbocycles. The van der Waals surface area contributed by atoms with Crippen molar-refractivity contribution in [1.29, 1.82) is 10.5 Å². The summed E-state index contributed by atoms with van der Waals surface area (Å²) in [6.07, 6.45) is 0. The van der Waals surface area contributed by atoms with Crippen LogP contribution in [0, 0.1) is 22.7 Å². The Balaban J connectivity index is 2.46. The van der Waals surface area contributed by atoms with Crippen molar-refractivity contribution < 1.29 is 5.11 Å². The lowest BCUT2D eigenvalue weighted by Gasteiger charge is -2.12. The molecule has 0 saturated heterocycles. The first-order chi connectivity index (χ1) is 11.2. The monoisotopic (exact) mass is 300 g/mol. The second-order valence-corrected chi connectivity index (χ2v) is 4.90. The minimum Gasteiger partial charge on any atom is -0.507 e. The van der Waals surface area contributed by atoms with Gasteiger partial charge in [0.2, 0.25) is 0 Å². The molecule has 0 radical (unpaired) electrons. The van der Waals surface area contributed by atoms with Gasteiger partial charge in [0, 0.05) is 11.3 Å². The van der Waals surface area contributed by atoms with Gasteiger partial charge in [-0.3, -0.25) is 4.57 Å². The summed E-state index contributed by atoms with van der Waals surface area (Å²) in [7, 11) is 0. The number of nitrogen functional groups attached to an aromatic ring is 1. The first-order valence-corrected chi connectivity index (χ1v) is 6.87. The van der Waals surface area contributed by atoms with Crippen LogP contribution in [-0.4, -0.2) is 9.67 Å². The fourth-order valence-electron chi connectivity index (χ4n) is 2.59. The number of benzene rings is 2. The van der Waals surface area contributed by atoms with Crippen LogP contribution >= 0.6 is 0 Å². The van der Waals surface area contributed by atoms with Crippen LogP contribution in [0.15, 0.2) is 54.6 Å². The third-order valence-electron chi connectivity index (χ3n) is 3.60. The summed E-state index contributed by atoms with van der Waals surface area (Å²) < 4.78 is 1.62. The summed E-state index contributed by atoms with van der Waals surface area (Å²) >= 11 is 0. The molecule has 0 bridgehead atoms. The summed E-state index contributed by atoms with van der Waals surface area (Å²) in [5, 5.41) is 29.1. The van der Waals surface area contributed by atoms with E-state index in [9.17, 15) is 15.6 Å². The zero-order chi connectivity index (χ0) is 16.4. The predicted molar refractivity (Wildman–Crippen MR) is 86.7 cm³/mol. The normalized spacial score (nSPS) is 10.0. The molecule has 3 rings (SSSR count). The van der Waals surface area contributed by atoms with Crippen molar-refractivity contribution in [3.8, 4) is 34.8 Å². The fraction of sp³-hybridized carbons (Fsp3) is 0. The molecule has 110 valence electrons. The molecule has 2 aromatic carbocycles. The number of para-hydroxylation sites is 2. The molecule has 3 N–H and O–H groups in total. The van der Waals surface area contributed by atoms with Crippen LogP contribution in [0.3, 0.4) is 0 Å². The number of hydrogen-bond donors (Lipinski definition) is 2. The Bertz CT molecular complexity index is 959. The lowest BCUT2D eigenvalue weighted by Crippen LogP contribution is -2.02. The van der Waals surface area contributed by atoms with Crippen molar-refractivity contribution in [2.75, 3.05) is 5.73 Å².